The van der Waals surface area contributed by atoms with Gasteiger partial charge in [0, 0.05) is 37.0 Å². The highest BCUT2D eigenvalue weighted by Gasteiger charge is 2.30. The minimum Gasteiger partial charge on any atom is -0.355 e. The Labute approximate surface area is 194 Å². The predicted molar refractivity (Wildman–Crippen MR) is 130 cm³/mol. The van der Waals surface area contributed by atoms with Crippen LogP contribution in [0, 0.1) is 0 Å². The molecular weight excluding hydrogens is 414 g/mol. The van der Waals surface area contributed by atoms with Gasteiger partial charge in [-0.25, -0.2) is 0 Å². The van der Waals surface area contributed by atoms with Crippen LogP contribution in [0.5, 0.6) is 0 Å². The van der Waals surface area contributed by atoms with E-state index < -0.39 is 6.04 Å². The predicted octanol–water partition coefficient (Wildman–Crippen LogP) is 4.13. The number of nitrogens with zero attached hydrogens (tertiary/aromatic N) is 2. The number of carbonyl (C=O) groups excluding carboxylic acids is 3. The Morgan fingerprint density at radius 1 is 1.00 bits per heavy atom. The molecule has 6 nitrogen and oxygen atoms in total. The molecule has 3 amide bonds. The summed E-state index contributed by atoms with van der Waals surface area (Å²) in [5.41, 5.74) is 2.58. The maximum absolute atomic E-state index is 13.2. The third-order valence-electron chi connectivity index (χ3n) is 6.14. The molecule has 1 aliphatic heterocycles. The molecule has 4 rings (SSSR count). The zero-order chi connectivity index (χ0) is 23.4. The van der Waals surface area contributed by atoms with Crippen LogP contribution in [0.25, 0.3) is 10.8 Å². The summed E-state index contributed by atoms with van der Waals surface area (Å²) in [7, 11) is 0. The topological polar surface area (TPSA) is 69.7 Å². The van der Waals surface area contributed by atoms with Gasteiger partial charge in [0.2, 0.25) is 11.8 Å². The molecule has 0 spiro atoms. The fourth-order valence-corrected chi connectivity index (χ4v) is 4.42. The maximum atomic E-state index is 13.2. The molecule has 0 unspecified atom stereocenters. The van der Waals surface area contributed by atoms with Gasteiger partial charge in [0.05, 0.1) is 5.69 Å². The van der Waals surface area contributed by atoms with Crippen LogP contribution in [0.1, 0.15) is 42.6 Å². The summed E-state index contributed by atoms with van der Waals surface area (Å²) in [5, 5.41) is 4.83. The summed E-state index contributed by atoms with van der Waals surface area (Å²) in [4.78, 5) is 42.0. The minimum absolute atomic E-state index is 0.0221. The molecular formula is C27H29N3O3. The van der Waals surface area contributed by atoms with E-state index >= 15 is 0 Å². The summed E-state index contributed by atoms with van der Waals surface area (Å²) >= 11 is 0. The molecule has 1 N–H and O–H groups in total. The van der Waals surface area contributed by atoms with Crippen molar-refractivity contribution in [2.24, 2.45) is 0 Å². The van der Waals surface area contributed by atoms with Gasteiger partial charge in [-0.1, -0.05) is 54.6 Å². The van der Waals surface area contributed by atoms with Crippen molar-refractivity contribution >= 4 is 34.2 Å². The van der Waals surface area contributed by atoms with Gasteiger partial charge in [0.25, 0.3) is 5.91 Å². The largest absolute Gasteiger partial charge is 0.355 e. The Bertz CT molecular complexity index is 1170. The first-order valence-electron chi connectivity index (χ1n) is 11.5. The van der Waals surface area contributed by atoms with Gasteiger partial charge in [-0.15, -0.1) is 0 Å². The zero-order valence-electron chi connectivity index (χ0n) is 19.1. The average Bonchev–Trinajstić information content (AvgIpc) is 3.11. The number of nitrogens with one attached hydrogen (secondary N) is 1. The number of carbonyl (C=O) groups is 3. The normalized spacial score (nSPS) is 13.3. The van der Waals surface area contributed by atoms with Crippen molar-refractivity contribution in [1.82, 2.24) is 10.2 Å². The van der Waals surface area contributed by atoms with E-state index in [2.05, 4.69) is 5.32 Å². The lowest BCUT2D eigenvalue weighted by Gasteiger charge is -2.29. The van der Waals surface area contributed by atoms with E-state index in [-0.39, 0.29) is 24.1 Å². The smallest absolute Gasteiger partial charge is 0.258 e. The van der Waals surface area contributed by atoms with Crippen LogP contribution >= 0.6 is 0 Å². The third-order valence-corrected chi connectivity index (χ3v) is 6.14. The van der Waals surface area contributed by atoms with Gasteiger partial charge in [-0.3, -0.25) is 14.4 Å². The molecule has 1 aliphatic rings. The van der Waals surface area contributed by atoms with E-state index in [0.29, 0.717) is 31.6 Å². The van der Waals surface area contributed by atoms with Crippen molar-refractivity contribution in [3.63, 3.8) is 0 Å². The van der Waals surface area contributed by atoms with Gasteiger partial charge in [0.1, 0.15) is 6.04 Å². The van der Waals surface area contributed by atoms with Crippen LogP contribution in [-0.4, -0.2) is 41.8 Å². The van der Waals surface area contributed by atoms with Gasteiger partial charge in [0.15, 0.2) is 0 Å². The summed E-state index contributed by atoms with van der Waals surface area (Å²) in [5.74, 6) is -0.287. The molecule has 1 atom stereocenters. The quantitative estimate of drug-likeness (QED) is 0.541. The van der Waals surface area contributed by atoms with E-state index in [4.69, 9.17) is 0 Å². The first kappa shape index (κ1) is 22.5. The van der Waals surface area contributed by atoms with Crippen LogP contribution in [0.3, 0.4) is 0 Å². The Morgan fingerprint density at radius 3 is 2.45 bits per heavy atom. The van der Waals surface area contributed by atoms with E-state index in [1.807, 2.05) is 73.7 Å². The molecule has 0 radical (unpaired) electrons. The number of anilines is 1. The van der Waals surface area contributed by atoms with Crippen molar-refractivity contribution in [2.45, 2.75) is 39.3 Å². The summed E-state index contributed by atoms with van der Waals surface area (Å²) < 4.78 is 0. The fraction of sp³-hybridized carbons (Fsp3) is 0.296. The standard InChI is InChI=1S/C27H29N3O3/c1-3-28-26(32)19(2)30(18-20-10-5-4-6-11-20)24(31)16-9-17-29-23-15-8-13-21-12-7-14-22(25(21)23)27(29)33/h4-8,10-15,19H,3,9,16-18H2,1-2H3,(H,28,32)/t19-/m1/s1. The lowest BCUT2D eigenvalue weighted by molar-refractivity contribution is -0.140. The number of hydrogen-bond donors (Lipinski definition) is 1. The molecule has 6 heteroatoms. The van der Waals surface area contributed by atoms with Crippen LogP contribution < -0.4 is 10.2 Å². The molecule has 0 aliphatic carbocycles. The van der Waals surface area contributed by atoms with Gasteiger partial charge < -0.3 is 15.1 Å². The summed E-state index contributed by atoms with van der Waals surface area (Å²) in [6.45, 7) is 4.95. The molecule has 33 heavy (non-hydrogen) atoms. The number of hydrogen-bond acceptors (Lipinski definition) is 3. The lowest BCUT2D eigenvalue weighted by Crippen LogP contribution is -2.47. The Hall–Kier alpha value is -3.67. The first-order chi connectivity index (χ1) is 16.0. The Balaban J connectivity index is 1.45. The molecule has 3 aromatic carbocycles. The highest BCUT2D eigenvalue weighted by molar-refractivity contribution is 6.25. The van der Waals surface area contributed by atoms with Crippen LogP contribution in [0.4, 0.5) is 5.69 Å². The number of benzene rings is 3. The van der Waals surface area contributed by atoms with Crippen molar-refractivity contribution in [3.05, 3.63) is 77.9 Å². The Morgan fingerprint density at radius 2 is 1.73 bits per heavy atom. The maximum Gasteiger partial charge on any atom is 0.258 e. The van der Waals surface area contributed by atoms with Crippen LogP contribution in [0.2, 0.25) is 0 Å². The molecule has 3 aromatic rings. The highest BCUT2D eigenvalue weighted by Crippen LogP contribution is 2.37. The van der Waals surface area contributed by atoms with Gasteiger partial charge in [-0.2, -0.15) is 0 Å². The molecule has 0 saturated carbocycles. The zero-order valence-corrected chi connectivity index (χ0v) is 19.1. The second-order valence-corrected chi connectivity index (χ2v) is 8.32. The van der Waals surface area contributed by atoms with E-state index in [0.717, 1.165) is 22.0 Å². The fourth-order valence-electron chi connectivity index (χ4n) is 4.42. The third kappa shape index (κ3) is 4.60. The first-order valence-corrected chi connectivity index (χ1v) is 11.5. The SMILES string of the molecule is CCNC(=O)[C@@H](C)N(Cc1ccccc1)C(=O)CCCN1C(=O)c2cccc3cccc1c23. The van der Waals surface area contributed by atoms with Crippen molar-refractivity contribution in [2.75, 3.05) is 18.0 Å². The van der Waals surface area contributed by atoms with Gasteiger partial charge >= 0.3 is 0 Å². The van der Waals surface area contributed by atoms with E-state index in [1.165, 1.54) is 0 Å². The minimum atomic E-state index is -0.580. The number of likely N-dealkylation sites (N-methyl/N-ethyl adjacent to an activating group) is 1. The second kappa shape index (κ2) is 9.86. The Kier molecular flexibility index (Phi) is 6.73. The molecule has 0 fully saturated rings. The molecule has 0 saturated heterocycles. The van der Waals surface area contributed by atoms with Gasteiger partial charge in [-0.05, 0) is 43.4 Å². The average molecular weight is 444 g/mol. The molecule has 170 valence electrons. The monoisotopic (exact) mass is 443 g/mol. The summed E-state index contributed by atoms with van der Waals surface area (Å²) in [6, 6.07) is 20.8. The van der Waals surface area contributed by atoms with Crippen LogP contribution in [0.15, 0.2) is 66.7 Å². The lowest BCUT2D eigenvalue weighted by atomic mass is 10.1. The highest BCUT2D eigenvalue weighted by atomic mass is 16.2. The number of rotatable bonds is 9. The van der Waals surface area contributed by atoms with Crippen molar-refractivity contribution in [1.29, 1.82) is 0 Å². The van der Waals surface area contributed by atoms with E-state index in [9.17, 15) is 14.4 Å². The van der Waals surface area contributed by atoms with Crippen LogP contribution in [-0.2, 0) is 16.1 Å². The second-order valence-electron chi connectivity index (χ2n) is 8.32. The van der Waals surface area contributed by atoms with E-state index in [1.54, 1.807) is 16.7 Å². The molecule has 0 aromatic heterocycles. The van der Waals surface area contributed by atoms with Crippen molar-refractivity contribution < 1.29 is 14.4 Å². The number of amides is 3. The summed E-state index contributed by atoms with van der Waals surface area (Å²) in [6.07, 6.45) is 0.773. The molecule has 0 bridgehead atoms. The van der Waals surface area contributed by atoms with Crippen molar-refractivity contribution in [3.8, 4) is 0 Å². The molecule has 1 heterocycles.